The van der Waals surface area contributed by atoms with Crippen molar-refractivity contribution >= 4 is 24.4 Å². The lowest BCUT2D eigenvalue weighted by Crippen LogP contribution is -2.57. The molecule has 0 aliphatic carbocycles. The van der Waals surface area contributed by atoms with Crippen LogP contribution in [-0.4, -0.2) is 62.4 Å². The van der Waals surface area contributed by atoms with Crippen molar-refractivity contribution in [2.45, 2.75) is 12.2 Å². The highest BCUT2D eigenvalue weighted by molar-refractivity contribution is 5.99. The normalized spacial score (nSPS) is 18.7. The van der Waals surface area contributed by atoms with Crippen molar-refractivity contribution in [3.63, 3.8) is 0 Å². The molecule has 0 spiro atoms. The molecule has 2 aliphatic rings. The molecule has 5 nitrogen and oxygen atoms in total. The van der Waals surface area contributed by atoms with Gasteiger partial charge < -0.3 is 15.4 Å². The van der Waals surface area contributed by atoms with E-state index in [2.05, 4.69) is 10.6 Å². The predicted octanol–water partition coefficient (Wildman–Crippen LogP) is 1.84. The predicted molar refractivity (Wildman–Crippen MR) is 94.5 cm³/mol. The van der Waals surface area contributed by atoms with Gasteiger partial charge in [0.25, 0.3) is 5.91 Å². The van der Waals surface area contributed by atoms with Gasteiger partial charge in [0.15, 0.2) is 0 Å². The number of halogens is 4. The number of para-hydroxylation sites is 1. The van der Waals surface area contributed by atoms with Crippen LogP contribution in [0.5, 0.6) is 5.75 Å². The summed E-state index contributed by atoms with van der Waals surface area (Å²) in [4.78, 5) is 13.6. The zero-order valence-corrected chi connectivity index (χ0v) is 14.8. The zero-order chi connectivity index (χ0) is 17.9. The Labute approximate surface area is 156 Å². The van der Waals surface area contributed by atoms with Crippen molar-refractivity contribution < 1.29 is 22.7 Å². The third-order valence-corrected chi connectivity index (χ3v) is 4.35. The van der Waals surface area contributed by atoms with E-state index in [1.54, 1.807) is 18.2 Å². The summed E-state index contributed by atoms with van der Waals surface area (Å²) in [5, 5.41) is 5.44. The van der Waals surface area contributed by atoms with E-state index >= 15 is 0 Å². The second-order valence-corrected chi connectivity index (χ2v) is 6.05. The van der Waals surface area contributed by atoms with Gasteiger partial charge in [-0.1, -0.05) is 18.2 Å². The number of carbonyl (C=O) groups is 1. The summed E-state index contributed by atoms with van der Waals surface area (Å²) >= 11 is 0. The molecule has 0 bridgehead atoms. The number of hydrogen-bond acceptors (Lipinski definition) is 4. The Bertz CT molecular complexity index is 661. The lowest BCUT2D eigenvalue weighted by atomic mass is 10.1. The summed E-state index contributed by atoms with van der Waals surface area (Å²) < 4.78 is 45.5. The van der Waals surface area contributed by atoms with Crippen LogP contribution >= 0.6 is 12.4 Å². The summed E-state index contributed by atoms with van der Waals surface area (Å²) in [6.45, 7) is 1.21. The second-order valence-electron chi connectivity index (χ2n) is 6.05. The third-order valence-electron chi connectivity index (χ3n) is 4.35. The fourth-order valence-corrected chi connectivity index (χ4v) is 3.00. The number of alkyl halides is 3. The van der Waals surface area contributed by atoms with Gasteiger partial charge in [0.2, 0.25) is 0 Å². The van der Waals surface area contributed by atoms with E-state index in [1.807, 2.05) is 12.1 Å². The molecule has 3 rings (SSSR count). The van der Waals surface area contributed by atoms with Crippen molar-refractivity contribution in [3.05, 3.63) is 35.4 Å². The summed E-state index contributed by atoms with van der Waals surface area (Å²) in [5.74, 6) is 0.131. The molecular weight excluding hydrogens is 371 g/mol. The molecule has 26 heavy (non-hydrogen) atoms. The van der Waals surface area contributed by atoms with Gasteiger partial charge in [-0.05, 0) is 12.1 Å². The van der Waals surface area contributed by atoms with Gasteiger partial charge >= 0.3 is 6.18 Å². The molecular formula is C17H21ClF3N3O2. The van der Waals surface area contributed by atoms with Crippen molar-refractivity contribution in [1.29, 1.82) is 0 Å². The fraction of sp³-hybridized carbons (Fsp3) is 0.471. The maximum Gasteiger partial charge on any atom is 0.405 e. The fourth-order valence-electron chi connectivity index (χ4n) is 3.00. The van der Waals surface area contributed by atoms with Crippen molar-refractivity contribution in [2.24, 2.45) is 0 Å². The Kier molecular flexibility index (Phi) is 6.91. The van der Waals surface area contributed by atoms with E-state index in [1.165, 1.54) is 4.90 Å². The van der Waals surface area contributed by atoms with Gasteiger partial charge in [0.1, 0.15) is 18.4 Å². The Morgan fingerprint density at radius 3 is 2.65 bits per heavy atom. The molecule has 1 atom stereocenters. The maximum absolute atomic E-state index is 13.3. The molecule has 2 N–H and O–H groups in total. The van der Waals surface area contributed by atoms with Crippen LogP contribution < -0.4 is 15.4 Å². The average molecular weight is 392 g/mol. The third kappa shape index (κ3) is 4.90. The minimum absolute atomic E-state index is 0. The van der Waals surface area contributed by atoms with Crippen LogP contribution in [0.2, 0.25) is 0 Å². The van der Waals surface area contributed by atoms with Crippen LogP contribution in [-0.2, 0) is 4.79 Å². The molecule has 1 fully saturated rings. The molecule has 2 heterocycles. The topological polar surface area (TPSA) is 53.6 Å². The number of carbonyl (C=O) groups excluding carboxylic acids is 1. The quantitative estimate of drug-likeness (QED) is 0.822. The molecule has 0 aromatic heterocycles. The lowest BCUT2D eigenvalue weighted by molar-refractivity contribution is -0.183. The highest BCUT2D eigenvalue weighted by Gasteiger charge is 2.43. The van der Waals surface area contributed by atoms with E-state index in [0.717, 1.165) is 5.56 Å². The molecule has 144 valence electrons. The highest BCUT2D eigenvalue weighted by atomic mass is 35.5. The summed E-state index contributed by atoms with van der Waals surface area (Å²) in [6, 6.07) is 5.52. The first kappa shape index (κ1) is 20.5. The smallest absolute Gasteiger partial charge is 0.405 e. The van der Waals surface area contributed by atoms with Gasteiger partial charge in [-0.3, -0.25) is 9.69 Å². The molecule has 2 aliphatic heterocycles. The van der Waals surface area contributed by atoms with E-state index in [9.17, 15) is 18.0 Å². The number of piperazine rings is 1. The number of ether oxygens (including phenoxy) is 1. The van der Waals surface area contributed by atoms with Gasteiger partial charge in [0.05, 0.1) is 5.57 Å². The number of hydrogen-bond donors (Lipinski definition) is 2. The van der Waals surface area contributed by atoms with Crippen LogP contribution in [0.3, 0.4) is 0 Å². The van der Waals surface area contributed by atoms with E-state index in [0.29, 0.717) is 37.5 Å². The maximum atomic E-state index is 13.3. The Morgan fingerprint density at radius 1 is 1.27 bits per heavy atom. The average Bonchev–Trinajstić information content (AvgIpc) is 2.61. The van der Waals surface area contributed by atoms with Crippen molar-refractivity contribution in [1.82, 2.24) is 15.5 Å². The number of benzene rings is 1. The minimum Gasteiger partial charge on any atom is -0.488 e. The van der Waals surface area contributed by atoms with Crippen LogP contribution in [0.25, 0.3) is 6.08 Å². The molecule has 0 radical (unpaired) electrons. The largest absolute Gasteiger partial charge is 0.488 e. The number of nitrogens with zero attached hydrogens (tertiary/aromatic N) is 1. The Morgan fingerprint density at radius 2 is 1.96 bits per heavy atom. The number of fused-ring (bicyclic) bond motifs is 1. The van der Waals surface area contributed by atoms with E-state index in [-0.39, 0.29) is 19.0 Å². The van der Waals surface area contributed by atoms with Gasteiger partial charge in [-0.2, -0.15) is 13.2 Å². The first-order valence-electron chi connectivity index (χ1n) is 8.17. The zero-order valence-electron chi connectivity index (χ0n) is 14.0. The van der Waals surface area contributed by atoms with Gasteiger partial charge in [-0.25, -0.2) is 0 Å². The molecule has 9 heteroatoms. The SMILES string of the molecule is Cl.O=C(NCC(N1CCNCC1)C(F)(F)F)C1=Cc2ccccc2OC1. The van der Waals surface area contributed by atoms with Crippen LogP contribution in [0, 0.1) is 0 Å². The van der Waals surface area contributed by atoms with E-state index < -0.39 is 24.7 Å². The summed E-state index contributed by atoms with van der Waals surface area (Å²) in [6.07, 6.45) is -2.74. The summed E-state index contributed by atoms with van der Waals surface area (Å²) in [5.41, 5.74) is 1.06. The monoisotopic (exact) mass is 391 g/mol. The van der Waals surface area contributed by atoms with Crippen LogP contribution in [0.15, 0.2) is 29.8 Å². The Hall–Kier alpha value is -1.77. The lowest BCUT2D eigenvalue weighted by Gasteiger charge is -2.36. The minimum atomic E-state index is -4.39. The molecule has 1 aromatic rings. The first-order valence-corrected chi connectivity index (χ1v) is 8.17. The molecule has 1 unspecified atom stereocenters. The molecule has 1 saturated heterocycles. The van der Waals surface area contributed by atoms with Crippen molar-refractivity contribution in [3.8, 4) is 5.75 Å². The van der Waals surface area contributed by atoms with Crippen LogP contribution in [0.1, 0.15) is 5.56 Å². The molecule has 0 saturated carbocycles. The highest BCUT2D eigenvalue weighted by Crippen LogP contribution is 2.27. The Balaban J connectivity index is 0.00000243. The van der Waals surface area contributed by atoms with Gasteiger partial charge in [0, 0.05) is 38.3 Å². The summed E-state index contributed by atoms with van der Waals surface area (Å²) in [7, 11) is 0. The number of amides is 1. The van der Waals surface area contributed by atoms with Crippen molar-refractivity contribution in [2.75, 3.05) is 39.3 Å². The van der Waals surface area contributed by atoms with Gasteiger partial charge in [-0.15, -0.1) is 12.4 Å². The molecule has 1 amide bonds. The van der Waals surface area contributed by atoms with E-state index in [4.69, 9.17) is 4.74 Å². The molecule has 1 aromatic carbocycles. The second kappa shape index (κ2) is 8.75. The first-order chi connectivity index (χ1) is 11.9. The number of nitrogens with one attached hydrogen (secondary N) is 2. The standard InChI is InChI=1S/C17H20F3N3O2.ClH/c18-17(19,20)15(23-7-5-21-6-8-23)10-22-16(24)13-9-12-3-1-2-4-14(12)25-11-13;/h1-4,9,15,21H,5-8,10-11H2,(H,22,24);1H. The number of rotatable bonds is 4. The van der Waals surface area contributed by atoms with Crippen LogP contribution in [0.4, 0.5) is 13.2 Å².